The van der Waals surface area contributed by atoms with Crippen molar-refractivity contribution in [3.63, 3.8) is 0 Å². The maximum Gasteiger partial charge on any atom is 0.407 e. The fraction of sp³-hybridized carbons (Fsp3) is 0.438. The number of rotatable bonds is 5. The van der Waals surface area contributed by atoms with Gasteiger partial charge in [0.1, 0.15) is 5.60 Å². The van der Waals surface area contributed by atoms with E-state index in [0.29, 0.717) is 13.1 Å². The van der Waals surface area contributed by atoms with Crippen LogP contribution >= 0.6 is 0 Å². The smallest absolute Gasteiger partial charge is 0.407 e. The number of aromatic nitrogens is 1. The average Bonchev–Trinajstić information content (AvgIpc) is 2.83. The van der Waals surface area contributed by atoms with Crippen molar-refractivity contribution in [3.8, 4) is 0 Å². The first-order chi connectivity index (χ1) is 9.94. The summed E-state index contributed by atoms with van der Waals surface area (Å²) in [5, 5.41) is 7.23. The molecule has 0 radical (unpaired) electrons. The Balaban J connectivity index is 1.66. The molecule has 3 N–H and O–H groups in total. The number of amides is 1. The molecule has 1 heterocycles. The van der Waals surface area contributed by atoms with E-state index in [4.69, 9.17) is 4.74 Å². The Morgan fingerprint density at radius 1 is 1.24 bits per heavy atom. The third-order valence-corrected chi connectivity index (χ3v) is 2.92. The molecule has 1 aromatic carbocycles. The number of hydrogen-bond donors (Lipinski definition) is 3. The highest BCUT2D eigenvalue weighted by atomic mass is 16.6. The lowest BCUT2D eigenvalue weighted by molar-refractivity contribution is 0.0528. The number of carbonyl (C=O) groups is 1. The van der Waals surface area contributed by atoms with E-state index in [9.17, 15) is 4.79 Å². The number of ether oxygens (including phenoxy) is 1. The number of fused-ring (bicyclic) bond motifs is 1. The van der Waals surface area contributed by atoms with Gasteiger partial charge in [-0.2, -0.15) is 0 Å². The summed E-state index contributed by atoms with van der Waals surface area (Å²) in [6.07, 6.45) is 1.56. The van der Waals surface area contributed by atoms with Crippen LogP contribution < -0.4 is 10.6 Å². The van der Waals surface area contributed by atoms with Gasteiger partial charge < -0.3 is 20.4 Å². The Labute approximate surface area is 125 Å². The summed E-state index contributed by atoms with van der Waals surface area (Å²) in [6, 6.07) is 8.38. The van der Waals surface area contributed by atoms with Gasteiger partial charge in [-0.25, -0.2) is 4.79 Å². The van der Waals surface area contributed by atoms with Crippen molar-refractivity contribution in [2.45, 2.75) is 32.9 Å². The van der Waals surface area contributed by atoms with Crippen LogP contribution in [0.1, 0.15) is 26.3 Å². The van der Waals surface area contributed by atoms with Crippen LogP contribution in [0.3, 0.4) is 0 Å². The van der Waals surface area contributed by atoms with Crippen LogP contribution in [0.2, 0.25) is 0 Å². The Morgan fingerprint density at radius 3 is 2.81 bits per heavy atom. The van der Waals surface area contributed by atoms with E-state index in [1.165, 1.54) is 10.9 Å². The van der Waals surface area contributed by atoms with Crippen molar-refractivity contribution in [1.82, 2.24) is 15.6 Å². The van der Waals surface area contributed by atoms with Crippen LogP contribution in [-0.4, -0.2) is 29.8 Å². The number of aromatic amines is 1. The van der Waals surface area contributed by atoms with E-state index in [1.807, 2.05) is 27.0 Å². The van der Waals surface area contributed by atoms with E-state index in [0.717, 1.165) is 12.1 Å². The molecule has 5 heteroatoms. The van der Waals surface area contributed by atoms with Crippen molar-refractivity contribution in [2.24, 2.45) is 0 Å². The fourth-order valence-electron chi connectivity index (χ4n) is 2.00. The maximum atomic E-state index is 11.4. The van der Waals surface area contributed by atoms with E-state index >= 15 is 0 Å². The standard InChI is InChI=1S/C16H23N3O2/c1-16(2,3)21-15(20)19-9-8-17-11-12-4-5-13-6-7-18-14(13)10-12/h4-7,10,17-18H,8-9,11H2,1-3H3,(H,19,20). The Hall–Kier alpha value is -2.01. The Bertz CT molecular complexity index is 599. The fourth-order valence-corrected chi connectivity index (χ4v) is 2.00. The molecule has 1 aromatic heterocycles. The number of hydrogen-bond acceptors (Lipinski definition) is 3. The lowest BCUT2D eigenvalue weighted by Gasteiger charge is -2.19. The second-order valence-electron chi connectivity index (χ2n) is 6.00. The van der Waals surface area contributed by atoms with Gasteiger partial charge in [-0.1, -0.05) is 12.1 Å². The minimum Gasteiger partial charge on any atom is -0.444 e. The number of benzene rings is 1. The van der Waals surface area contributed by atoms with Crippen molar-refractivity contribution < 1.29 is 9.53 Å². The molecule has 21 heavy (non-hydrogen) atoms. The first-order valence-corrected chi connectivity index (χ1v) is 7.18. The number of carbonyl (C=O) groups excluding carboxylic acids is 1. The molecule has 2 aromatic rings. The molecule has 0 spiro atoms. The zero-order valence-electron chi connectivity index (χ0n) is 12.8. The summed E-state index contributed by atoms with van der Waals surface area (Å²) in [5.74, 6) is 0. The molecule has 0 aliphatic heterocycles. The molecule has 0 saturated heterocycles. The highest BCUT2D eigenvalue weighted by Gasteiger charge is 2.15. The first kappa shape index (κ1) is 15.4. The molecule has 0 aliphatic carbocycles. The summed E-state index contributed by atoms with van der Waals surface area (Å²) in [4.78, 5) is 14.6. The lowest BCUT2D eigenvalue weighted by Crippen LogP contribution is -2.36. The summed E-state index contributed by atoms with van der Waals surface area (Å²) in [7, 11) is 0. The third kappa shape index (κ3) is 5.11. The van der Waals surface area contributed by atoms with Crippen LogP contribution in [0, 0.1) is 0 Å². The molecular formula is C16H23N3O2. The predicted octanol–water partition coefficient (Wildman–Crippen LogP) is 2.78. The molecule has 1 amide bonds. The van der Waals surface area contributed by atoms with Gasteiger partial charge in [0.25, 0.3) is 0 Å². The second-order valence-corrected chi connectivity index (χ2v) is 6.00. The molecule has 0 saturated carbocycles. The van der Waals surface area contributed by atoms with Gasteiger partial charge in [-0.15, -0.1) is 0 Å². The SMILES string of the molecule is CC(C)(C)OC(=O)NCCNCc1ccc2cc[nH]c2c1. The topological polar surface area (TPSA) is 66.2 Å². The quantitative estimate of drug-likeness (QED) is 0.742. The number of alkyl carbamates (subject to hydrolysis) is 1. The van der Waals surface area contributed by atoms with Crippen molar-refractivity contribution in [2.75, 3.05) is 13.1 Å². The first-order valence-electron chi connectivity index (χ1n) is 7.18. The van der Waals surface area contributed by atoms with Gasteiger partial charge in [0.15, 0.2) is 0 Å². The normalized spacial score (nSPS) is 11.6. The molecule has 0 unspecified atom stereocenters. The van der Waals surface area contributed by atoms with E-state index in [1.54, 1.807) is 0 Å². The monoisotopic (exact) mass is 289 g/mol. The van der Waals surface area contributed by atoms with E-state index in [2.05, 4.69) is 39.9 Å². The number of H-pyrrole nitrogens is 1. The molecular weight excluding hydrogens is 266 g/mol. The Kier molecular flexibility index (Phi) is 4.85. The summed E-state index contributed by atoms with van der Waals surface area (Å²) < 4.78 is 5.16. The van der Waals surface area contributed by atoms with E-state index < -0.39 is 5.60 Å². The van der Waals surface area contributed by atoms with Crippen LogP contribution in [-0.2, 0) is 11.3 Å². The molecule has 0 aliphatic rings. The van der Waals surface area contributed by atoms with Crippen LogP contribution in [0.15, 0.2) is 30.5 Å². The van der Waals surface area contributed by atoms with Crippen molar-refractivity contribution in [3.05, 3.63) is 36.0 Å². The highest BCUT2D eigenvalue weighted by Crippen LogP contribution is 2.13. The molecule has 5 nitrogen and oxygen atoms in total. The zero-order valence-corrected chi connectivity index (χ0v) is 12.8. The zero-order chi connectivity index (χ0) is 15.3. The van der Waals surface area contributed by atoms with Crippen LogP contribution in [0.4, 0.5) is 4.79 Å². The third-order valence-electron chi connectivity index (χ3n) is 2.92. The largest absolute Gasteiger partial charge is 0.444 e. The summed E-state index contributed by atoms with van der Waals surface area (Å²) >= 11 is 0. The summed E-state index contributed by atoms with van der Waals surface area (Å²) in [5.41, 5.74) is 1.89. The minimum atomic E-state index is -0.455. The molecule has 0 bridgehead atoms. The van der Waals surface area contributed by atoms with Crippen LogP contribution in [0.25, 0.3) is 10.9 Å². The van der Waals surface area contributed by atoms with Gasteiger partial charge in [-0.3, -0.25) is 0 Å². The molecule has 0 fully saturated rings. The molecule has 114 valence electrons. The lowest BCUT2D eigenvalue weighted by atomic mass is 10.1. The predicted molar refractivity (Wildman–Crippen MR) is 84.2 cm³/mol. The average molecular weight is 289 g/mol. The van der Waals surface area contributed by atoms with Gasteiger partial charge >= 0.3 is 6.09 Å². The van der Waals surface area contributed by atoms with Gasteiger partial charge in [-0.05, 0) is 43.9 Å². The van der Waals surface area contributed by atoms with Crippen LogP contribution in [0.5, 0.6) is 0 Å². The molecule has 0 atom stereocenters. The summed E-state index contributed by atoms with van der Waals surface area (Å²) in [6.45, 7) is 7.55. The minimum absolute atomic E-state index is 0.378. The van der Waals surface area contributed by atoms with Gasteiger partial charge in [0, 0.05) is 31.3 Å². The number of nitrogens with one attached hydrogen (secondary N) is 3. The van der Waals surface area contributed by atoms with Crippen molar-refractivity contribution in [1.29, 1.82) is 0 Å². The molecule has 2 rings (SSSR count). The van der Waals surface area contributed by atoms with E-state index in [-0.39, 0.29) is 6.09 Å². The maximum absolute atomic E-state index is 11.4. The highest BCUT2D eigenvalue weighted by molar-refractivity contribution is 5.79. The van der Waals surface area contributed by atoms with Gasteiger partial charge in [0.2, 0.25) is 0 Å². The second kappa shape index (κ2) is 6.63. The van der Waals surface area contributed by atoms with Crippen molar-refractivity contribution >= 4 is 17.0 Å². The Morgan fingerprint density at radius 2 is 2.05 bits per heavy atom. The van der Waals surface area contributed by atoms with Gasteiger partial charge in [0.05, 0.1) is 0 Å².